The zero-order valence-electron chi connectivity index (χ0n) is 11.0. The third-order valence-electron chi connectivity index (χ3n) is 3.44. The van der Waals surface area contributed by atoms with Crippen molar-refractivity contribution in [3.8, 4) is 0 Å². The Hall–Kier alpha value is -2.66. The van der Waals surface area contributed by atoms with Crippen LogP contribution < -0.4 is 0 Å². The Morgan fingerprint density at radius 2 is 2.10 bits per heavy atom. The summed E-state index contributed by atoms with van der Waals surface area (Å²) in [7, 11) is 0. The average molecular weight is 269 g/mol. The van der Waals surface area contributed by atoms with E-state index >= 15 is 0 Å². The molecule has 7 heteroatoms. The van der Waals surface area contributed by atoms with Gasteiger partial charge < -0.3 is 4.90 Å². The van der Waals surface area contributed by atoms with Gasteiger partial charge >= 0.3 is 0 Å². The molecule has 20 heavy (non-hydrogen) atoms. The Balaban J connectivity index is 2.23. The molecule has 3 rings (SSSR count). The Kier molecular flexibility index (Phi) is 2.59. The summed E-state index contributed by atoms with van der Waals surface area (Å²) in [6, 6.07) is 3.45. The topological polar surface area (TPSA) is 98.8 Å². The number of aryl methyl sites for hydroxylation is 1. The molecule has 1 saturated heterocycles. The van der Waals surface area contributed by atoms with Crippen molar-refractivity contribution in [2.24, 2.45) is 5.11 Å². The lowest BCUT2D eigenvalue weighted by molar-refractivity contribution is 0.0954. The molecule has 100 valence electrons. The number of nitrogens with zero attached hydrogens (tertiary/aromatic N) is 5. The summed E-state index contributed by atoms with van der Waals surface area (Å²) in [5.41, 5.74) is 9.65. The van der Waals surface area contributed by atoms with Crippen molar-refractivity contribution in [3.05, 3.63) is 50.9 Å². The SMILES string of the molecule is Cc1ccc2c(n1)C(=O)C(N=[N+]=[N-])=C(N1CC1C)C2=O. The first-order valence-corrected chi connectivity index (χ1v) is 6.17. The number of Topliss-reactive ketones (excluding diaryl/α,β-unsaturated/α-hetero) is 2. The number of aromatic nitrogens is 1. The molecule has 0 amide bonds. The van der Waals surface area contributed by atoms with E-state index in [-0.39, 0.29) is 34.5 Å². The minimum absolute atomic E-state index is 0.0654. The maximum Gasteiger partial charge on any atom is 0.216 e. The summed E-state index contributed by atoms with van der Waals surface area (Å²) >= 11 is 0. The van der Waals surface area contributed by atoms with Crippen molar-refractivity contribution in [2.75, 3.05) is 6.54 Å². The quantitative estimate of drug-likeness (QED) is 0.355. The Labute approximate surface area is 114 Å². The largest absolute Gasteiger partial charge is 0.361 e. The standard InChI is InChI=1S/C13H11N5O2/c1-6-3-4-8-9(15-6)13(20)10(16-17-14)11(12(8)19)18-5-7(18)2/h3-4,7H,5H2,1-2H3. The fourth-order valence-electron chi connectivity index (χ4n) is 2.32. The number of rotatable bonds is 2. The van der Waals surface area contributed by atoms with E-state index in [1.54, 1.807) is 24.0 Å². The summed E-state index contributed by atoms with van der Waals surface area (Å²) in [5.74, 6) is -0.797. The lowest BCUT2D eigenvalue weighted by Gasteiger charge is -2.19. The minimum Gasteiger partial charge on any atom is -0.361 e. The first kappa shape index (κ1) is 12.4. The van der Waals surface area contributed by atoms with E-state index < -0.39 is 5.78 Å². The molecule has 0 bridgehead atoms. The Morgan fingerprint density at radius 1 is 1.40 bits per heavy atom. The zero-order chi connectivity index (χ0) is 14.4. The van der Waals surface area contributed by atoms with Crippen molar-refractivity contribution in [2.45, 2.75) is 19.9 Å². The van der Waals surface area contributed by atoms with Crippen LogP contribution in [-0.2, 0) is 0 Å². The van der Waals surface area contributed by atoms with Crippen molar-refractivity contribution in [1.82, 2.24) is 9.88 Å². The number of carbonyl (C=O) groups excluding carboxylic acids is 2. The molecule has 2 aliphatic rings. The number of ketones is 2. The van der Waals surface area contributed by atoms with Gasteiger partial charge in [-0.15, -0.1) is 0 Å². The van der Waals surface area contributed by atoms with Gasteiger partial charge in [0, 0.05) is 23.2 Å². The second-order valence-electron chi connectivity index (χ2n) is 4.90. The van der Waals surface area contributed by atoms with Crippen LogP contribution in [0.1, 0.15) is 33.5 Å². The summed E-state index contributed by atoms with van der Waals surface area (Å²) < 4.78 is 0. The van der Waals surface area contributed by atoms with Crippen LogP contribution in [0.25, 0.3) is 10.4 Å². The molecule has 0 N–H and O–H groups in total. The second-order valence-corrected chi connectivity index (χ2v) is 4.90. The van der Waals surface area contributed by atoms with Gasteiger partial charge in [-0.1, -0.05) is 5.11 Å². The number of hydrogen-bond donors (Lipinski definition) is 0. The van der Waals surface area contributed by atoms with E-state index in [0.717, 1.165) is 0 Å². The monoisotopic (exact) mass is 269 g/mol. The lowest BCUT2D eigenvalue weighted by Crippen LogP contribution is -2.27. The van der Waals surface area contributed by atoms with E-state index in [4.69, 9.17) is 5.53 Å². The maximum atomic E-state index is 12.5. The number of allylic oxidation sites excluding steroid dienone is 2. The van der Waals surface area contributed by atoms with Crippen molar-refractivity contribution >= 4 is 11.6 Å². The third kappa shape index (κ3) is 1.68. The van der Waals surface area contributed by atoms with Crippen LogP contribution >= 0.6 is 0 Å². The number of carbonyl (C=O) groups is 2. The van der Waals surface area contributed by atoms with Crippen molar-refractivity contribution < 1.29 is 9.59 Å². The number of fused-ring (bicyclic) bond motifs is 1. The van der Waals surface area contributed by atoms with Crippen LogP contribution in [0.5, 0.6) is 0 Å². The summed E-state index contributed by atoms with van der Waals surface area (Å²) in [5, 5.41) is 3.43. The van der Waals surface area contributed by atoms with Gasteiger partial charge in [-0.25, -0.2) is 4.98 Å². The third-order valence-corrected chi connectivity index (χ3v) is 3.44. The van der Waals surface area contributed by atoms with E-state index in [9.17, 15) is 9.59 Å². The van der Waals surface area contributed by atoms with Crippen LogP contribution in [0, 0.1) is 6.92 Å². The fraction of sp³-hybridized carbons (Fsp3) is 0.308. The Bertz CT molecular complexity index is 730. The lowest BCUT2D eigenvalue weighted by atomic mass is 9.94. The van der Waals surface area contributed by atoms with E-state index in [2.05, 4.69) is 15.0 Å². The number of hydrogen-bond acceptors (Lipinski definition) is 5. The molecule has 1 aliphatic carbocycles. The van der Waals surface area contributed by atoms with Crippen molar-refractivity contribution in [1.29, 1.82) is 0 Å². The smallest absolute Gasteiger partial charge is 0.216 e. The van der Waals surface area contributed by atoms with Crippen LogP contribution in [-0.4, -0.2) is 34.0 Å². The highest BCUT2D eigenvalue weighted by Gasteiger charge is 2.42. The average Bonchev–Trinajstić information content (AvgIpc) is 3.12. The first-order chi connectivity index (χ1) is 9.54. The minimum atomic E-state index is -0.491. The number of azide groups is 1. The predicted molar refractivity (Wildman–Crippen MR) is 70.0 cm³/mol. The van der Waals surface area contributed by atoms with Gasteiger partial charge in [0.25, 0.3) is 0 Å². The van der Waals surface area contributed by atoms with Crippen LogP contribution in [0.4, 0.5) is 0 Å². The molecule has 7 nitrogen and oxygen atoms in total. The van der Waals surface area contributed by atoms with Crippen LogP contribution in [0.15, 0.2) is 28.6 Å². The Morgan fingerprint density at radius 3 is 2.70 bits per heavy atom. The second kappa shape index (κ2) is 4.18. The molecule has 0 aromatic carbocycles. The van der Waals surface area contributed by atoms with Gasteiger partial charge in [-0.2, -0.15) is 0 Å². The molecule has 0 spiro atoms. The van der Waals surface area contributed by atoms with Crippen LogP contribution in [0.2, 0.25) is 0 Å². The molecular formula is C13H11N5O2. The van der Waals surface area contributed by atoms with Crippen LogP contribution in [0.3, 0.4) is 0 Å². The van der Waals surface area contributed by atoms with E-state index in [1.165, 1.54) is 0 Å². The molecule has 1 aliphatic heterocycles. The zero-order valence-corrected chi connectivity index (χ0v) is 11.0. The van der Waals surface area contributed by atoms with Gasteiger partial charge in [-0.3, -0.25) is 9.59 Å². The molecule has 1 aromatic rings. The highest BCUT2D eigenvalue weighted by molar-refractivity contribution is 6.25. The van der Waals surface area contributed by atoms with E-state index in [0.29, 0.717) is 12.2 Å². The van der Waals surface area contributed by atoms with Gasteiger partial charge in [0.1, 0.15) is 11.4 Å². The molecule has 0 radical (unpaired) electrons. The van der Waals surface area contributed by atoms with Crippen molar-refractivity contribution in [3.63, 3.8) is 0 Å². The molecule has 1 aromatic heterocycles. The summed E-state index contributed by atoms with van der Waals surface area (Å²) in [6.45, 7) is 4.34. The predicted octanol–water partition coefficient (Wildman–Crippen LogP) is 2.00. The molecule has 1 atom stereocenters. The highest BCUT2D eigenvalue weighted by atomic mass is 16.1. The molecule has 2 heterocycles. The number of pyridine rings is 1. The maximum absolute atomic E-state index is 12.5. The van der Waals surface area contributed by atoms with Gasteiger partial charge in [0.15, 0.2) is 0 Å². The normalized spacial score (nSPS) is 20.7. The van der Waals surface area contributed by atoms with Gasteiger partial charge in [0.05, 0.1) is 11.3 Å². The summed E-state index contributed by atoms with van der Waals surface area (Å²) in [4.78, 5) is 33.4. The molecule has 0 saturated carbocycles. The molecular weight excluding hydrogens is 258 g/mol. The van der Waals surface area contributed by atoms with Gasteiger partial charge in [0.2, 0.25) is 11.6 Å². The highest BCUT2D eigenvalue weighted by Crippen LogP contribution is 2.34. The fourth-order valence-corrected chi connectivity index (χ4v) is 2.32. The first-order valence-electron chi connectivity index (χ1n) is 6.17. The van der Waals surface area contributed by atoms with Gasteiger partial charge in [-0.05, 0) is 31.5 Å². The summed E-state index contributed by atoms with van der Waals surface area (Å²) in [6.07, 6.45) is 0. The molecule has 1 fully saturated rings. The molecule has 1 unspecified atom stereocenters. The van der Waals surface area contributed by atoms with E-state index in [1.807, 2.05) is 6.92 Å².